The molecule has 0 amide bonds. The van der Waals surface area contributed by atoms with Crippen LogP contribution in [0.25, 0.3) is 0 Å². The summed E-state index contributed by atoms with van der Waals surface area (Å²) in [7, 11) is 0. The van der Waals surface area contributed by atoms with E-state index in [0.29, 0.717) is 5.82 Å². The van der Waals surface area contributed by atoms with Crippen molar-refractivity contribution in [1.29, 1.82) is 5.26 Å². The Balaban J connectivity index is 4.11. The third kappa shape index (κ3) is 5.18. The third-order valence-corrected chi connectivity index (χ3v) is 1.03. The van der Waals surface area contributed by atoms with Crippen molar-refractivity contribution in [3.63, 3.8) is 0 Å². The summed E-state index contributed by atoms with van der Waals surface area (Å²) in [6.07, 6.45) is 3.03. The summed E-state index contributed by atoms with van der Waals surface area (Å²) in [5.74, 6) is 0.503. The molecular weight excluding hydrogens is 152 g/mol. The molecule has 4 nitrogen and oxygen atoms in total. The number of nitrogens with zero attached hydrogens (tertiary/aromatic N) is 1. The molecule has 0 unspecified atom stereocenters. The van der Waals surface area contributed by atoms with Gasteiger partial charge in [0, 0.05) is 6.04 Å². The first-order valence-electron chi connectivity index (χ1n) is 3.66. The standard InChI is InChI=1S/C8H14N4/c1-6(2)12-8(11)4-3-7(10)5-9/h3-4,6,12H,10-11H2,1-2H3/b7-3-,8-4+. The Labute approximate surface area is 72.5 Å². The third-order valence-electron chi connectivity index (χ3n) is 1.03. The van der Waals surface area contributed by atoms with E-state index in [4.69, 9.17) is 16.7 Å². The molecule has 0 fully saturated rings. The van der Waals surface area contributed by atoms with Gasteiger partial charge in [-0.2, -0.15) is 5.26 Å². The van der Waals surface area contributed by atoms with Crippen LogP contribution < -0.4 is 16.8 Å². The van der Waals surface area contributed by atoms with Gasteiger partial charge in [0.15, 0.2) is 0 Å². The van der Waals surface area contributed by atoms with Gasteiger partial charge in [0.2, 0.25) is 0 Å². The van der Waals surface area contributed by atoms with Crippen LogP contribution in [-0.2, 0) is 0 Å². The van der Waals surface area contributed by atoms with Gasteiger partial charge in [-0.25, -0.2) is 0 Å². The zero-order valence-corrected chi connectivity index (χ0v) is 7.33. The summed E-state index contributed by atoms with van der Waals surface area (Å²) >= 11 is 0. The SMILES string of the molecule is CC(C)N/C(N)=C/C=C(\N)C#N. The van der Waals surface area contributed by atoms with Crippen molar-refractivity contribution in [1.82, 2.24) is 5.32 Å². The van der Waals surface area contributed by atoms with Gasteiger partial charge in [-0.3, -0.25) is 0 Å². The van der Waals surface area contributed by atoms with Gasteiger partial charge < -0.3 is 16.8 Å². The number of hydrogen-bond donors (Lipinski definition) is 3. The van der Waals surface area contributed by atoms with Gasteiger partial charge in [0.05, 0.1) is 5.82 Å². The van der Waals surface area contributed by atoms with Crippen molar-refractivity contribution in [2.45, 2.75) is 19.9 Å². The normalized spacial score (nSPS) is 12.8. The topological polar surface area (TPSA) is 87.9 Å². The molecular formula is C8H14N4. The molecule has 0 heterocycles. The fraction of sp³-hybridized carbons (Fsp3) is 0.375. The second-order valence-electron chi connectivity index (χ2n) is 2.65. The first-order chi connectivity index (χ1) is 5.56. The number of allylic oxidation sites excluding steroid dienone is 3. The van der Waals surface area contributed by atoms with Gasteiger partial charge in [-0.15, -0.1) is 0 Å². The van der Waals surface area contributed by atoms with Gasteiger partial charge >= 0.3 is 0 Å². The predicted octanol–water partition coefficient (Wildman–Crippen LogP) is 0.151. The van der Waals surface area contributed by atoms with Crippen LogP contribution in [0.3, 0.4) is 0 Å². The highest BCUT2D eigenvalue weighted by Gasteiger charge is 1.91. The minimum Gasteiger partial charge on any atom is -0.390 e. The monoisotopic (exact) mass is 166 g/mol. The van der Waals surface area contributed by atoms with Crippen molar-refractivity contribution in [2.24, 2.45) is 11.5 Å². The average molecular weight is 166 g/mol. The molecule has 5 N–H and O–H groups in total. The van der Waals surface area contributed by atoms with Crippen molar-refractivity contribution in [2.75, 3.05) is 0 Å². The highest BCUT2D eigenvalue weighted by atomic mass is 15.0. The van der Waals surface area contributed by atoms with E-state index in [2.05, 4.69) is 5.32 Å². The maximum absolute atomic E-state index is 8.30. The van der Waals surface area contributed by atoms with Gasteiger partial charge in [0.1, 0.15) is 11.8 Å². The molecule has 66 valence electrons. The zero-order valence-electron chi connectivity index (χ0n) is 7.33. The van der Waals surface area contributed by atoms with Crippen molar-refractivity contribution < 1.29 is 0 Å². The molecule has 0 spiro atoms. The molecule has 12 heavy (non-hydrogen) atoms. The lowest BCUT2D eigenvalue weighted by molar-refractivity contribution is 0.663. The quantitative estimate of drug-likeness (QED) is 0.411. The molecule has 0 atom stereocenters. The molecule has 0 bridgehead atoms. The summed E-state index contributed by atoms with van der Waals surface area (Å²) in [5, 5.41) is 11.2. The Morgan fingerprint density at radius 2 is 2.00 bits per heavy atom. The van der Waals surface area contributed by atoms with Crippen LogP contribution in [0.1, 0.15) is 13.8 Å². The molecule has 0 aliphatic heterocycles. The summed E-state index contributed by atoms with van der Waals surface area (Å²) in [4.78, 5) is 0. The number of rotatable bonds is 3. The van der Waals surface area contributed by atoms with Crippen LogP contribution in [0, 0.1) is 11.3 Å². The molecule has 0 aliphatic carbocycles. The van der Waals surface area contributed by atoms with Crippen LogP contribution >= 0.6 is 0 Å². The van der Waals surface area contributed by atoms with Crippen LogP contribution in [-0.4, -0.2) is 6.04 Å². The Morgan fingerprint density at radius 1 is 1.42 bits per heavy atom. The van der Waals surface area contributed by atoms with E-state index in [-0.39, 0.29) is 11.7 Å². The van der Waals surface area contributed by atoms with Crippen LogP contribution in [0.4, 0.5) is 0 Å². The molecule has 0 rings (SSSR count). The lowest BCUT2D eigenvalue weighted by Crippen LogP contribution is -2.26. The lowest BCUT2D eigenvalue weighted by Gasteiger charge is -2.08. The molecule has 0 aromatic carbocycles. The second kappa shape index (κ2) is 5.08. The van der Waals surface area contributed by atoms with E-state index in [1.165, 1.54) is 6.08 Å². The minimum atomic E-state index is 0.142. The molecule has 0 radical (unpaired) electrons. The van der Waals surface area contributed by atoms with Crippen LogP contribution in [0.2, 0.25) is 0 Å². The first kappa shape index (κ1) is 10.4. The summed E-state index contributed by atoms with van der Waals surface area (Å²) in [5.41, 5.74) is 10.9. The van der Waals surface area contributed by atoms with E-state index in [1.54, 1.807) is 12.1 Å². The van der Waals surface area contributed by atoms with Crippen molar-refractivity contribution >= 4 is 0 Å². The van der Waals surface area contributed by atoms with Crippen LogP contribution in [0.15, 0.2) is 23.7 Å². The number of hydrogen-bond acceptors (Lipinski definition) is 4. The second-order valence-corrected chi connectivity index (χ2v) is 2.65. The van der Waals surface area contributed by atoms with Gasteiger partial charge in [-0.05, 0) is 26.0 Å². The molecule has 0 saturated heterocycles. The van der Waals surface area contributed by atoms with Crippen LogP contribution in [0.5, 0.6) is 0 Å². The van der Waals surface area contributed by atoms with E-state index in [0.717, 1.165) is 0 Å². The number of nitrogens with two attached hydrogens (primary N) is 2. The van der Waals surface area contributed by atoms with E-state index in [1.807, 2.05) is 13.8 Å². The first-order valence-corrected chi connectivity index (χ1v) is 3.66. The highest BCUT2D eigenvalue weighted by molar-refractivity contribution is 5.23. The largest absolute Gasteiger partial charge is 0.390 e. The number of nitrogens with one attached hydrogen (secondary N) is 1. The van der Waals surface area contributed by atoms with E-state index < -0.39 is 0 Å². The highest BCUT2D eigenvalue weighted by Crippen LogP contribution is 1.87. The Kier molecular flexibility index (Phi) is 4.39. The fourth-order valence-corrected chi connectivity index (χ4v) is 0.598. The zero-order chi connectivity index (χ0) is 9.56. The minimum absolute atomic E-state index is 0.142. The summed E-state index contributed by atoms with van der Waals surface area (Å²) in [6.45, 7) is 3.94. The predicted molar refractivity (Wildman–Crippen MR) is 48.4 cm³/mol. The summed E-state index contributed by atoms with van der Waals surface area (Å²) in [6, 6.07) is 2.06. The van der Waals surface area contributed by atoms with E-state index >= 15 is 0 Å². The molecule has 0 aliphatic rings. The average Bonchev–Trinajstić information content (AvgIpc) is 1.99. The Morgan fingerprint density at radius 3 is 2.42 bits per heavy atom. The molecule has 0 aromatic rings. The Hall–Kier alpha value is -1.63. The maximum Gasteiger partial charge on any atom is 0.117 e. The summed E-state index contributed by atoms with van der Waals surface area (Å²) < 4.78 is 0. The fourth-order valence-electron chi connectivity index (χ4n) is 0.598. The van der Waals surface area contributed by atoms with Gasteiger partial charge in [0.25, 0.3) is 0 Å². The van der Waals surface area contributed by atoms with Crippen molar-refractivity contribution in [3.8, 4) is 6.07 Å². The lowest BCUT2D eigenvalue weighted by atomic mass is 10.3. The maximum atomic E-state index is 8.30. The molecule has 0 aromatic heterocycles. The van der Waals surface area contributed by atoms with Crippen molar-refractivity contribution in [3.05, 3.63) is 23.7 Å². The molecule has 4 heteroatoms. The Bertz CT molecular complexity index is 232. The number of nitriles is 1. The van der Waals surface area contributed by atoms with E-state index in [9.17, 15) is 0 Å². The molecule has 0 saturated carbocycles. The smallest absolute Gasteiger partial charge is 0.117 e. The van der Waals surface area contributed by atoms with Gasteiger partial charge in [-0.1, -0.05) is 0 Å².